The highest BCUT2D eigenvalue weighted by Crippen LogP contribution is 2.40. The molecular weight excluding hydrogens is 476 g/mol. The van der Waals surface area contributed by atoms with Crippen LogP contribution in [-0.2, 0) is 33.4 Å². The average Bonchev–Trinajstić information content (AvgIpc) is 3.11. The Bertz CT molecular complexity index is 1240. The standard InChI is InChI=1S/C22H15B3ClF2N3O4/c23-21(24)8-16(32)31(25)19(34)17(21)30-10-12-7-11(1-6-15(12)18(30)33)9-29-20(35)22(27,28)13-2-4-14(26)5-3-13/h1-7,17H,8-10H2,(H,29,35). The minimum absolute atomic E-state index is 0.0779. The van der Waals surface area contributed by atoms with E-state index >= 15 is 0 Å². The van der Waals surface area contributed by atoms with Crippen LogP contribution in [0.3, 0.4) is 0 Å². The maximum Gasteiger partial charge on any atom is 0.349 e. The molecule has 35 heavy (non-hydrogen) atoms. The van der Waals surface area contributed by atoms with Crippen molar-refractivity contribution in [2.75, 3.05) is 0 Å². The number of hydrogen-bond acceptors (Lipinski definition) is 4. The van der Waals surface area contributed by atoms with Gasteiger partial charge in [-0.3, -0.25) is 19.2 Å². The molecule has 1 fully saturated rings. The largest absolute Gasteiger partial charge is 0.349 e. The van der Waals surface area contributed by atoms with E-state index in [1.807, 2.05) is 0 Å². The lowest BCUT2D eigenvalue weighted by atomic mass is 9.47. The Kier molecular flexibility index (Phi) is 6.29. The third-order valence-electron chi connectivity index (χ3n) is 5.96. The number of rotatable bonds is 5. The van der Waals surface area contributed by atoms with Crippen LogP contribution in [-0.4, -0.2) is 63.1 Å². The second kappa shape index (κ2) is 8.82. The lowest BCUT2D eigenvalue weighted by Crippen LogP contribution is -2.60. The SMILES string of the molecule is [B]N1C(=O)CC([B])([B])C(N2Cc3cc(CNC(=O)C(F)(F)c4ccc(Cl)cc4)ccc3C2=O)C1=O. The second-order valence-corrected chi connectivity index (χ2v) is 8.92. The maximum atomic E-state index is 14.5. The summed E-state index contributed by atoms with van der Waals surface area (Å²) in [5.74, 6) is -7.52. The molecule has 0 saturated carbocycles. The van der Waals surface area contributed by atoms with E-state index in [1.165, 1.54) is 24.3 Å². The summed E-state index contributed by atoms with van der Waals surface area (Å²) >= 11 is 5.71. The number of benzene rings is 2. The summed E-state index contributed by atoms with van der Waals surface area (Å²) < 4.78 is 29.0. The molecule has 6 radical (unpaired) electrons. The normalized spacial score (nSPS) is 19.6. The molecule has 2 aliphatic rings. The van der Waals surface area contributed by atoms with Crippen LogP contribution in [0.4, 0.5) is 8.78 Å². The highest BCUT2D eigenvalue weighted by Gasteiger charge is 2.50. The van der Waals surface area contributed by atoms with Crippen LogP contribution in [0.1, 0.15) is 33.5 Å². The lowest BCUT2D eigenvalue weighted by Gasteiger charge is -2.45. The number of amides is 4. The third kappa shape index (κ3) is 4.47. The van der Waals surface area contributed by atoms with Crippen LogP contribution in [0.15, 0.2) is 42.5 Å². The zero-order valence-electron chi connectivity index (χ0n) is 18.1. The molecule has 7 nitrogen and oxygen atoms in total. The highest BCUT2D eigenvalue weighted by molar-refractivity contribution is 6.45. The Morgan fingerprint density at radius 2 is 1.80 bits per heavy atom. The number of carbonyl (C=O) groups excluding carboxylic acids is 4. The fraction of sp³-hybridized carbons (Fsp3) is 0.273. The minimum Gasteiger partial charge on any atom is -0.346 e. The molecule has 2 aliphatic heterocycles. The summed E-state index contributed by atoms with van der Waals surface area (Å²) in [7, 11) is 17.5. The molecule has 4 rings (SSSR count). The van der Waals surface area contributed by atoms with Gasteiger partial charge in [-0.15, -0.1) is 0 Å². The van der Waals surface area contributed by atoms with E-state index < -0.39 is 52.8 Å². The van der Waals surface area contributed by atoms with Crippen molar-refractivity contribution in [2.45, 2.75) is 36.7 Å². The number of fused-ring (bicyclic) bond motifs is 1. The summed E-state index contributed by atoms with van der Waals surface area (Å²) in [6.07, 6.45) is -0.445. The molecule has 2 aromatic carbocycles. The monoisotopic (exact) mass is 491 g/mol. The molecule has 13 heteroatoms. The van der Waals surface area contributed by atoms with Crippen molar-refractivity contribution >= 4 is 58.9 Å². The molecule has 2 aromatic rings. The van der Waals surface area contributed by atoms with Crippen LogP contribution in [0.25, 0.3) is 0 Å². The van der Waals surface area contributed by atoms with E-state index in [-0.39, 0.29) is 23.7 Å². The van der Waals surface area contributed by atoms with Crippen molar-refractivity contribution in [1.29, 1.82) is 0 Å². The van der Waals surface area contributed by atoms with Crippen LogP contribution < -0.4 is 5.32 Å². The first-order chi connectivity index (χ1) is 16.3. The summed E-state index contributed by atoms with van der Waals surface area (Å²) in [5.41, 5.74) is 0.646. The predicted molar refractivity (Wildman–Crippen MR) is 124 cm³/mol. The number of hydrogen-bond donors (Lipinski definition) is 1. The Morgan fingerprint density at radius 3 is 2.46 bits per heavy atom. The van der Waals surface area contributed by atoms with Crippen LogP contribution in [0.2, 0.25) is 10.2 Å². The van der Waals surface area contributed by atoms with Crippen molar-refractivity contribution in [2.24, 2.45) is 0 Å². The van der Waals surface area contributed by atoms with Crippen molar-refractivity contribution in [3.63, 3.8) is 0 Å². The van der Waals surface area contributed by atoms with Gasteiger partial charge in [-0.1, -0.05) is 41.1 Å². The molecule has 1 N–H and O–H groups in total. The number of piperidine rings is 1. The van der Waals surface area contributed by atoms with E-state index in [0.717, 1.165) is 17.0 Å². The molecule has 172 valence electrons. The first-order valence-electron chi connectivity index (χ1n) is 10.4. The lowest BCUT2D eigenvalue weighted by molar-refractivity contribution is -0.147. The number of alkyl halides is 2. The minimum atomic E-state index is -3.79. The van der Waals surface area contributed by atoms with E-state index in [4.69, 9.17) is 35.3 Å². The Morgan fingerprint density at radius 1 is 1.14 bits per heavy atom. The van der Waals surface area contributed by atoms with Crippen molar-refractivity contribution in [3.05, 3.63) is 69.7 Å². The Hall–Kier alpha value is -3.14. The first kappa shape index (κ1) is 25.0. The number of carbonyl (C=O) groups is 4. The van der Waals surface area contributed by atoms with Crippen LogP contribution in [0, 0.1) is 0 Å². The fourth-order valence-electron chi connectivity index (χ4n) is 4.15. The van der Waals surface area contributed by atoms with Gasteiger partial charge in [-0.05, 0) is 29.3 Å². The molecular formula is C22H15B3ClF2N3O4. The van der Waals surface area contributed by atoms with Gasteiger partial charge < -0.3 is 15.0 Å². The first-order valence-corrected chi connectivity index (χ1v) is 10.7. The van der Waals surface area contributed by atoms with Crippen molar-refractivity contribution in [1.82, 2.24) is 15.0 Å². The highest BCUT2D eigenvalue weighted by atomic mass is 35.5. The third-order valence-corrected chi connectivity index (χ3v) is 6.22. The molecule has 1 unspecified atom stereocenters. The van der Waals surface area contributed by atoms with E-state index in [9.17, 15) is 28.0 Å². The molecule has 1 atom stereocenters. The van der Waals surface area contributed by atoms with Gasteiger partial charge in [0.15, 0.2) is 0 Å². The molecule has 0 bridgehead atoms. The molecule has 0 aliphatic carbocycles. The summed E-state index contributed by atoms with van der Waals surface area (Å²) in [4.78, 5) is 51.1. The number of halogens is 3. The summed E-state index contributed by atoms with van der Waals surface area (Å²) in [5, 5.41) is 0.616. The van der Waals surface area contributed by atoms with E-state index in [1.54, 1.807) is 6.07 Å². The molecule has 4 amide bonds. The summed E-state index contributed by atoms with van der Waals surface area (Å²) in [6.45, 7) is -0.319. The zero-order chi connectivity index (χ0) is 25.7. The number of imide groups is 1. The predicted octanol–water partition coefficient (Wildman–Crippen LogP) is 1.37. The van der Waals surface area contributed by atoms with Gasteiger partial charge >= 0.3 is 5.92 Å². The van der Waals surface area contributed by atoms with Gasteiger partial charge in [-0.25, -0.2) is 0 Å². The number of nitrogens with one attached hydrogen (secondary N) is 1. The quantitative estimate of drug-likeness (QED) is 0.506. The zero-order valence-corrected chi connectivity index (χ0v) is 18.9. The second-order valence-electron chi connectivity index (χ2n) is 8.48. The van der Waals surface area contributed by atoms with E-state index in [0.29, 0.717) is 15.9 Å². The fourth-order valence-corrected chi connectivity index (χ4v) is 4.28. The van der Waals surface area contributed by atoms with Gasteiger partial charge in [0.1, 0.15) is 6.04 Å². The maximum absolute atomic E-state index is 14.5. The molecule has 0 aromatic heterocycles. The van der Waals surface area contributed by atoms with Crippen LogP contribution in [0.5, 0.6) is 0 Å². The van der Waals surface area contributed by atoms with Crippen molar-refractivity contribution in [3.8, 4) is 0 Å². The van der Waals surface area contributed by atoms with Gasteiger partial charge in [0.05, 0.1) is 15.7 Å². The number of nitrogens with zero attached hydrogens (tertiary/aromatic N) is 2. The average molecular weight is 491 g/mol. The van der Waals surface area contributed by atoms with Gasteiger partial charge in [0.2, 0.25) is 19.8 Å². The van der Waals surface area contributed by atoms with Crippen LogP contribution >= 0.6 is 11.6 Å². The molecule has 0 spiro atoms. The smallest absolute Gasteiger partial charge is 0.346 e. The molecule has 2 heterocycles. The summed E-state index contributed by atoms with van der Waals surface area (Å²) in [6, 6.07) is 7.74. The van der Waals surface area contributed by atoms with E-state index in [2.05, 4.69) is 5.32 Å². The van der Waals surface area contributed by atoms with Gasteiger partial charge in [-0.2, -0.15) is 8.78 Å². The Balaban J connectivity index is 1.48. The van der Waals surface area contributed by atoms with Crippen molar-refractivity contribution < 1.29 is 28.0 Å². The topological polar surface area (TPSA) is 86.8 Å². The Labute approximate surface area is 208 Å². The van der Waals surface area contributed by atoms with Gasteiger partial charge in [0, 0.05) is 35.7 Å². The molecule has 1 saturated heterocycles. The van der Waals surface area contributed by atoms with Gasteiger partial charge in [0.25, 0.3) is 11.8 Å².